The van der Waals surface area contributed by atoms with E-state index in [1.165, 1.54) is 38.6 Å². The van der Waals surface area contributed by atoms with Gasteiger partial charge < -0.3 is 10.2 Å². The lowest BCUT2D eigenvalue weighted by atomic mass is 9.90. The molecule has 0 saturated heterocycles. The first-order chi connectivity index (χ1) is 7.20. The van der Waals surface area contributed by atoms with Crippen LogP contribution in [-0.4, -0.2) is 37.6 Å². The zero-order valence-electron chi connectivity index (χ0n) is 10.5. The molecule has 2 fully saturated rings. The normalized spacial score (nSPS) is 40.8. The number of nitrogens with zero attached hydrogens (tertiary/aromatic N) is 1. The first kappa shape index (κ1) is 11.4. The van der Waals surface area contributed by atoms with E-state index in [0.29, 0.717) is 0 Å². The Kier molecular flexibility index (Phi) is 3.68. The Labute approximate surface area is 94.4 Å². The van der Waals surface area contributed by atoms with Crippen LogP contribution in [0.25, 0.3) is 0 Å². The summed E-state index contributed by atoms with van der Waals surface area (Å²) < 4.78 is 0. The topological polar surface area (TPSA) is 15.3 Å². The summed E-state index contributed by atoms with van der Waals surface area (Å²) in [5.41, 5.74) is 0. The van der Waals surface area contributed by atoms with Gasteiger partial charge in [-0.3, -0.25) is 0 Å². The monoisotopic (exact) mass is 210 g/mol. The molecule has 2 aliphatic rings. The second-order valence-electron chi connectivity index (χ2n) is 5.72. The highest BCUT2D eigenvalue weighted by molar-refractivity contribution is 4.88. The van der Waals surface area contributed by atoms with Crippen LogP contribution in [-0.2, 0) is 0 Å². The van der Waals surface area contributed by atoms with E-state index in [1.54, 1.807) is 0 Å². The summed E-state index contributed by atoms with van der Waals surface area (Å²) in [5, 5.41) is 3.44. The summed E-state index contributed by atoms with van der Waals surface area (Å²) in [4.78, 5) is 2.62. The highest BCUT2D eigenvalue weighted by atomic mass is 15.1. The summed E-state index contributed by atoms with van der Waals surface area (Å²) in [6, 6.07) is 1.60. The van der Waals surface area contributed by atoms with Gasteiger partial charge in [-0.05, 0) is 51.6 Å². The van der Waals surface area contributed by atoms with Gasteiger partial charge in [0.2, 0.25) is 0 Å². The molecule has 4 unspecified atom stereocenters. The summed E-state index contributed by atoms with van der Waals surface area (Å²) in [6.45, 7) is 3.72. The Bertz CT molecular complexity index is 205. The van der Waals surface area contributed by atoms with Gasteiger partial charge in [0, 0.05) is 18.6 Å². The van der Waals surface area contributed by atoms with Crippen LogP contribution in [0.4, 0.5) is 0 Å². The standard InChI is InChI=1S/C13H26N2/c1-10-7-11(10)9-15(3)13-6-4-5-12(8-13)14-2/h10-14H,4-9H2,1-3H3. The van der Waals surface area contributed by atoms with Crippen molar-refractivity contribution in [3.63, 3.8) is 0 Å². The van der Waals surface area contributed by atoms with E-state index in [4.69, 9.17) is 0 Å². The quantitative estimate of drug-likeness (QED) is 0.764. The van der Waals surface area contributed by atoms with E-state index in [9.17, 15) is 0 Å². The Morgan fingerprint density at radius 3 is 2.60 bits per heavy atom. The first-order valence-corrected chi connectivity index (χ1v) is 6.58. The third kappa shape index (κ3) is 2.94. The SMILES string of the molecule is CNC1CCCC(N(C)CC2CC2C)C1. The van der Waals surface area contributed by atoms with Gasteiger partial charge in [0.05, 0.1) is 0 Å². The fourth-order valence-electron chi connectivity index (χ4n) is 3.00. The Balaban J connectivity index is 1.76. The van der Waals surface area contributed by atoms with Crippen molar-refractivity contribution in [2.24, 2.45) is 11.8 Å². The average molecular weight is 210 g/mol. The molecule has 15 heavy (non-hydrogen) atoms. The zero-order chi connectivity index (χ0) is 10.8. The fraction of sp³-hybridized carbons (Fsp3) is 1.00. The molecule has 4 atom stereocenters. The molecule has 1 N–H and O–H groups in total. The van der Waals surface area contributed by atoms with Gasteiger partial charge in [-0.25, -0.2) is 0 Å². The van der Waals surface area contributed by atoms with E-state index in [2.05, 4.69) is 31.2 Å². The molecule has 0 heterocycles. The summed E-state index contributed by atoms with van der Waals surface area (Å²) in [7, 11) is 4.43. The van der Waals surface area contributed by atoms with Gasteiger partial charge >= 0.3 is 0 Å². The summed E-state index contributed by atoms with van der Waals surface area (Å²) in [6.07, 6.45) is 7.01. The largest absolute Gasteiger partial charge is 0.317 e. The molecular formula is C13H26N2. The minimum absolute atomic E-state index is 0.767. The maximum Gasteiger partial charge on any atom is 0.0107 e. The highest BCUT2D eigenvalue weighted by Gasteiger charge is 2.35. The van der Waals surface area contributed by atoms with Crippen LogP contribution in [0.15, 0.2) is 0 Å². The molecule has 88 valence electrons. The molecule has 2 rings (SSSR count). The number of rotatable bonds is 4. The Morgan fingerprint density at radius 1 is 1.27 bits per heavy atom. The van der Waals surface area contributed by atoms with Gasteiger partial charge in [0.25, 0.3) is 0 Å². The molecule has 0 aromatic rings. The molecular weight excluding hydrogens is 184 g/mol. The molecule has 0 aromatic heterocycles. The van der Waals surface area contributed by atoms with Crippen LogP contribution in [0.3, 0.4) is 0 Å². The summed E-state index contributed by atoms with van der Waals surface area (Å²) >= 11 is 0. The maximum atomic E-state index is 3.44. The van der Waals surface area contributed by atoms with Crippen molar-refractivity contribution in [1.29, 1.82) is 0 Å². The lowest BCUT2D eigenvalue weighted by Gasteiger charge is -2.35. The average Bonchev–Trinajstić information content (AvgIpc) is 2.94. The number of nitrogens with one attached hydrogen (secondary N) is 1. The van der Waals surface area contributed by atoms with Crippen molar-refractivity contribution >= 4 is 0 Å². The minimum atomic E-state index is 0.767. The van der Waals surface area contributed by atoms with E-state index in [0.717, 1.165) is 23.9 Å². The van der Waals surface area contributed by atoms with Crippen LogP contribution in [0.5, 0.6) is 0 Å². The number of hydrogen-bond acceptors (Lipinski definition) is 2. The van der Waals surface area contributed by atoms with Crippen LogP contribution in [0.1, 0.15) is 39.0 Å². The van der Waals surface area contributed by atoms with E-state index in [1.807, 2.05) is 0 Å². The Morgan fingerprint density at radius 2 is 2.00 bits per heavy atom. The van der Waals surface area contributed by atoms with Crippen LogP contribution < -0.4 is 5.32 Å². The first-order valence-electron chi connectivity index (χ1n) is 6.58. The molecule has 0 aliphatic heterocycles. The van der Waals surface area contributed by atoms with Gasteiger partial charge in [-0.2, -0.15) is 0 Å². The smallest absolute Gasteiger partial charge is 0.0107 e. The molecule has 0 spiro atoms. The van der Waals surface area contributed by atoms with Crippen LogP contribution >= 0.6 is 0 Å². The predicted octanol–water partition coefficient (Wildman–Crippen LogP) is 2.10. The second kappa shape index (κ2) is 4.84. The van der Waals surface area contributed by atoms with E-state index >= 15 is 0 Å². The van der Waals surface area contributed by atoms with Crippen LogP contribution in [0.2, 0.25) is 0 Å². The molecule has 0 radical (unpaired) electrons. The van der Waals surface area contributed by atoms with Crippen molar-refractivity contribution in [2.75, 3.05) is 20.6 Å². The second-order valence-corrected chi connectivity index (χ2v) is 5.72. The van der Waals surface area contributed by atoms with Crippen molar-refractivity contribution < 1.29 is 0 Å². The molecule has 2 heteroatoms. The molecule has 2 saturated carbocycles. The van der Waals surface area contributed by atoms with Gasteiger partial charge in [-0.1, -0.05) is 13.3 Å². The molecule has 0 bridgehead atoms. The molecule has 0 aromatic carbocycles. The van der Waals surface area contributed by atoms with Gasteiger partial charge in [-0.15, -0.1) is 0 Å². The van der Waals surface area contributed by atoms with Crippen molar-refractivity contribution in [2.45, 2.75) is 51.1 Å². The molecule has 2 aliphatic carbocycles. The highest BCUT2D eigenvalue weighted by Crippen LogP contribution is 2.38. The van der Waals surface area contributed by atoms with Crippen molar-refractivity contribution in [1.82, 2.24) is 10.2 Å². The third-order valence-corrected chi connectivity index (χ3v) is 4.48. The summed E-state index contributed by atoms with van der Waals surface area (Å²) in [5.74, 6) is 2.00. The van der Waals surface area contributed by atoms with Crippen LogP contribution in [0, 0.1) is 11.8 Å². The van der Waals surface area contributed by atoms with Gasteiger partial charge in [0.1, 0.15) is 0 Å². The fourth-order valence-corrected chi connectivity index (χ4v) is 3.00. The van der Waals surface area contributed by atoms with Crippen molar-refractivity contribution in [3.8, 4) is 0 Å². The Hall–Kier alpha value is -0.0800. The third-order valence-electron chi connectivity index (χ3n) is 4.48. The zero-order valence-corrected chi connectivity index (χ0v) is 10.5. The lowest BCUT2D eigenvalue weighted by molar-refractivity contribution is 0.164. The van der Waals surface area contributed by atoms with Crippen molar-refractivity contribution in [3.05, 3.63) is 0 Å². The molecule has 0 amide bonds. The van der Waals surface area contributed by atoms with E-state index < -0.39 is 0 Å². The van der Waals surface area contributed by atoms with Gasteiger partial charge in [0.15, 0.2) is 0 Å². The molecule has 2 nitrogen and oxygen atoms in total. The minimum Gasteiger partial charge on any atom is -0.317 e. The predicted molar refractivity (Wildman–Crippen MR) is 65.0 cm³/mol. The lowest BCUT2D eigenvalue weighted by Crippen LogP contribution is -2.42. The van der Waals surface area contributed by atoms with E-state index in [-0.39, 0.29) is 0 Å². The maximum absolute atomic E-state index is 3.44. The number of hydrogen-bond donors (Lipinski definition) is 1.